The second kappa shape index (κ2) is 6.03. The molecule has 7 heteroatoms. The molecule has 0 aromatic heterocycles. The summed E-state index contributed by atoms with van der Waals surface area (Å²) in [5.41, 5.74) is 6.60. The third-order valence-electron chi connectivity index (χ3n) is 2.72. The predicted octanol–water partition coefficient (Wildman–Crippen LogP) is 3.53. The molecule has 2 aromatic rings. The molecule has 0 aliphatic carbocycles. The SMILES string of the molecule is Nc1cc(C(=O)Nc2ccc(C(=O)O)c(Cl)c2)ccc1Cl. The number of anilines is 2. The van der Waals surface area contributed by atoms with E-state index in [1.165, 1.54) is 36.4 Å². The van der Waals surface area contributed by atoms with Crippen LogP contribution in [-0.2, 0) is 0 Å². The first kappa shape index (κ1) is 15.2. The first-order chi connectivity index (χ1) is 9.88. The van der Waals surface area contributed by atoms with Crippen molar-refractivity contribution in [2.75, 3.05) is 11.1 Å². The van der Waals surface area contributed by atoms with Crippen LogP contribution in [0, 0.1) is 0 Å². The van der Waals surface area contributed by atoms with Crippen LogP contribution in [-0.4, -0.2) is 17.0 Å². The van der Waals surface area contributed by atoms with E-state index in [9.17, 15) is 9.59 Å². The topological polar surface area (TPSA) is 92.4 Å². The van der Waals surface area contributed by atoms with E-state index >= 15 is 0 Å². The van der Waals surface area contributed by atoms with Crippen molar-refractivity contribution in [3.05, 3.63) is 57.6 Å². The van der Waals surface area contributed by atoms with Gasteiger partial charge >= 0.3 is 5.97 Å². The van der Waals surface area contributed by atoms with Crippen LogP contribution in [0.5, 0.6) is 0 Å². The van der Waals surface area contributed by atoms with Crippen molar-refractivity contribution < 1.29 is 14.7 Å². The minimum Gasteiger partial charge on any atom is -0.478 e. The number of hydrogen-bond donors (Lipinski definition) is 3. The minimum atomic E-state index is -1.14. The number of carboxylic acid groups (broad SMARTS) is 1. The molecule has 0 aliphatic heterocycles. The molecule has 2 aromatic carbocycles. The molecule has 108 valence electrons. The molecule has 0 heterocycles. The number of nitrogen functional groups attached to an aromatic ring is 1. The third-order valence-corrected chi connectivity index (χ3v) is 3.37. The van der Waals surface area contributed by atoms with Crippen LogP contribution in [0.15, 0.2) is 36.4 Å². The second-order valence-electron chi connectivity index (χ2n) is 4.19. The normalized spacial score (nSPS) is 10.2. The molecule has 0 radical (unpaired) electrons. The maximum Gasteiger partial charge on any atom is 0.337 e. The van der Waals surface area contributed by atoms with Gasteiger partial charge in [-0.1, -0.05) is 23.2 Å². The summed E-state index contributed by atoms with van der Waals surface area (Å²) >= 11 is 11.6. The van der Waals surface area contributed by atoms with Crippen molar-refractivity contribution in [3.8, 4) is 0 Å². The fourth-order valence-electron chi connectivity index (χ4n) is 1.65. The highest BCUT2D eigenvalue weighted by Gasteiger charge is 2.12. The monoisotopic (exact) mass is 324 g/mol. The highest BCUT2D eigenvalue weighted by Crippen LogP contribution is 2.23. The van der Waals surface area contributed by atoms with E-state index < -0.39 is 11.9 Å². The lowest BCUT2D eigenvalue weighted by molar-refractivity contribution is 0.0697. The molecule has 0 spiro atoms. The molecule has 2 rings (SSSR count). The van der Waals surface area contributed by atoms with Gasteiger partial charge in [-0.15, -0.1) is 0 Å². The molecule has 4 N–H and O–H groups in total. The zero-order valence-corrected chi connectivity index (χ0v) is 12.1. The molecule has 0 bridgehead atoms. The smallest absolute Gasteiger partial charge is 0.337 e. The predicted molar refractivity (Wildman–Crippen MR) is 82.2 cm³/mol. The number of carbonyl (C=O) groups is 2. The average molecular weight is 325 g/mol. The molecular weight excluding hydrogens is 315 g/mol. The molecule has 1 amide bonds. The van der Waals surface area contributed by atoms with Gasteiger partial charge in [0.25, 0.3) is 5.91 Å². The van der Waals surface area contributed by atoms with Crippen molar-refractivity contribution >= 4 is 46.5 Å². The van der Waals surface area contributed by atoms with Crippen LogP contribution in [0.1, 0.15) is 20.7 Å². The van der Waals surface area contributed by atoms with Crippen molar-refractivity contribution in [2.45, 2.75) is 0 Å². The van der Waals surface area contributed by atoms with Gasteiger partial charge in [-0.05, 0) is 36.4 Å². The zero-order chi connectivity index (χ0) is 15.6. The van der Waals surface area contributed by atoms with Gasteiger partial charge in [-0.25, -0.2) is 4.79 Å². The van der Waals surface area contributed by atoms with Crippen molar-refractivity contribution in [2.24, 2.45) is 0 Å². The van der Waals surface area contributed by atoms with E-state index in [-0.39, 0.29) is 10.6 Å². The van der Waals surface area contributed by atoms with E-state index in [0.29, 0.717) is 22.0 Å². The van der Waals surface area contributed by atoms with Gasteiger partial charge in [0.1, 0.15) is 0 Å². The number of carbonyl (C=O) groups excluding carboxylic acids is 1. The second-order valence-corrected chi connectivity index (χ2v) is 5.00. The number of carboxylic acids is 1. The standard InChI is InChI=1S/C14H10Cl2N2O3/c15-10-4-1-7(5-12(10)17)13(19)18-8-2-3-9(14(20)21)11(16)6-8/h1-6H,17H2,(H,18,19)(H,20,21). The first-order valence-electron chi connectivity index (χ1n) is 5.77. The molecule has 0 atom stereocenters. The molecular formula is C14H10Cl2N2O3. The third kappa shape index (κ3) is 3.45. The van der Waals surface area contributed by atoms with Gasteiger partial charge in [0.05, 0.1) is 21.3 Å². The molecule has 0 saturated carbocycles. The Morgan fingerprint density at radius 2 is 1.76 bits per heavy atom. The number of benzene rings is 2. The lowest BCUT2D eigenvalue weighted by atomic mass is 10.1. The average Bonchev–Trinajstić information content (AvgIpc) is 2.41. The highest BCUT2D eigenvalue weighted by atomic mass is 35.5. The highest BCUT2D eigenvalue weighted by molar-refractivity contribution is 6.34. The molecule has 5 nitrogen and oxygen atoms in total. The number of nitrogens with two attached hydrogens (primary N) is 1. The van der Waals surface area contributed by atoms with Gasteiger partial charge in [0.15, 0.2) is 0 Å². The van der Waals surface area contributed by atoms with Crippen molar-refractivity contribution in [1.29, 1.82) is 0 Å². The zero-order valence-electron chi connectivity index (χ0n) is 10.6. The van der Waals surface area contributed by atoms with Crippen molar-refractivity contribution in [1.82, 2.24) is 0 Å². The summed E-state index contributed by atoms with van der Waals surface area (Å²) in [7, 11) is 0. The summed E-state index contributed by atoms with van der Waals surface area (Å²) in [5.74, 6) is -1.54. The summed E-state index contributed by atoms with van der Waals surface area (Å²) in [6.07, 6.45) is 0. The van der Waals surface area contributed by atoms with Gasteiger partial charge in [0, 0.05) is 11.3 Å². The molecule has 21 heavy (non-hydrogen) atoms. The summed E-state index contributed by atoms with van der Waals surface area (Å²) < 4.78 is 0. The molecule has 0 fully saturated rings. The number of halogens is 2. The largest absolute Gasteiger partial charge is 0.478 e. The van der Waals surface area contributed by atoms with E-state index in [2.05, 4.69) is 5.32 Å². The van der Waals surface area contributed by atoms with Crippen LogP contribution in [0.25, 0.3) is 0 Å². The number of nitrogens with one attached hydrogen (secondary N) is 1. The quantitative estimate of drug-likeness (QED) is 0.753. The Balaban J connectivity index is 2.21. The molecule has 0 unspecified atom stereocenters. The van der Waals surface area contributed by atoms with E-state index in [1.807, 2.05) is 0 Å². The number of rotatable bonds is 3. The first-order valence-corrected chi connectivity index (χ1v) is 6.53. The summed E-state index contributed by atoms with van der Waals surface area (Å²) in [5, 5.41) is 11.9. The Morgan fingerprint density at radius 3 is 2.33 bits per heavy atom. The van der Waals surface area contributed by atoms with Gasteiger partial charge < -0.3 is 16.2 Å². The van der Waals surface area contributed by atoms with Crippen LogP contribution >= 0.6 is 23.2 Å². The Bertz CT molecular complexity index is 732. The fraction of sp³-hybridized carbons (Fsp3) is 0. The van der Waals surface area contributed by atoms with Crippen LogP contribution < -0.4 is 11.1 Å². The summed E-state index contributed by atoms with van der Waals surface area (Å²) in [6, 6.07) is 8.63. The Labute approximate surface area is 130 Å². The van der Waals surface area contributed by atoms with E-state index in [0.717, 1.165) is 0 Å². The number of aromatic carboxylic acids is 1. The van der Waals surface area contributed by atoms with Gasteiger partial charge in [-0.2, -0.15) is 0 Å². The van der Waals surface area contributed by atoms with Gasteiger partial charge in [0.2, 0.25) is 0 Å². The number of hydrogen-bond acceptors (Lipinski definition) is 3. The minimum absolute atomic E-state index is 0.0367. The lowest BCUT2D eigenvalue weighted by Gasteiger charge is -2.08. The fourth-order valence-corrected chi connectivity index (χ4v) is 2.03. The maximum atomic E-state index is 12.0. The van der Waals surface area contributed by atoms with E-state index in [1.54, 1.807) is 0 Å². The Kier molecular flexibility index (Phi) is 4.35. The Morgan fingerprint density at radius 1 is 1.05 bits per heavy atom. The molecule has 0 saturated heterocycles. The van der Waals surface area contributed by atoms with Crippen LogP contribution in [0.4, 0.5) is 11.4 Å². The van der Waals surface area contributed by atoms with Crippen molar-refractivity contribution in [3.63, 3.8) is 0 Å². The maximum absolute atomic E-state index is 12.0. The lowest BCUT2D eigenvalue weighted by Crippen LogP contribution is -2.12. The van der Waals surface area contributed by atoms with Crippen LogP contribution in [0.2, 0.25) is 10.0 Å². The van der Waals surface area contributed by atoms with E-state index in [4.69, 9.17) is 34.0 Å². The summed E-state index contributed by atoms with van der Waals surface area (Å²) in [4.78, 5) is 22.9. The number of amides is 1. The molecule has 0 aliphatic rings. The van der Waals surface area contributed by atoms with Crippen LogP contribution in [0.3, 0.4) is 0 Å². The van der Waals surface area contributed by atoms with Gasteiger partial charge in [-0.3, -0.25) is 4.79 Å². The Hall–Kier alpha value is -2.24. The summed E-state index contributed by atoms with van der Waals surface area (Å²) in [6.45, 7) is 0.